The first-order chi connectivity index (χ1) is 40.0. The van der Waals surface area contributed by atoms with Crippen LogP contribution >= 0.6 is 113 Å². The maximum absolute atomic E-state index is 11.3. The Morgan fingerprint density at radius 1 is 0.273 bits per heavy atom. The van der Waals surface area contributed by atoms with Gasteiger partial charge in [0.1, 0.15) is 50.3 Å². The molecule has 472 valence electrons. The molecule has 2 fully saturated rings. The predicted octanol–water partition coefficient (Wildman–Crippen LogP) is 7.91. The zero-order valence-corrected chi connectivity index (χ0v) is 61.0. The molecule has 16 nitrogen and oxygen atoms in total. The van der Waals surface area contributed by atoms with E-state index >= 15 is 0 Å². The van der Waals surface area contributed by atoms with E-state index in [0.717, 1.165) is 73.0 Å². The van der Waals surface area contributed by atoms with Crippen molar-refractivity contribution in [3.63, 3.8) is 0 Å². The molecule has 0 aromatic heterocycles. The first-order valence-corrected chi connectivity index (χ1v) is 41.6. The van der Waals surface area contributed by atoms with Crippen molar-refractivity contribution >= 4 is 157 Å². The minimum atomic E-state index is -4.65. The maximum atomic E-state index is 11.3. The zero-order valence-electron chi connectivity index (χ0n) is 53.3. The van der Waals surface area contributed by atoms with E-state index < -0.39 is 86.7 Å². The van der Waals surface area contributed by atoms with E-state index in [9.17, 15) is 57.4 Å². The topological polar surface area (TPSA) is 266 Å². The van der Waals surface area contributed by atoms with Crippen LogP contribution in [0.25, 0.3) is 0 Å². The number of nitrogens with zero attached hydrogens (tertiary/aromatic N) is 4. The Bertz CT molecular complexity index is 3130. The van der Waals surface area contributed by atoms with Gasteiger partial charge in [0.25, 0.3) is 0 Å². The van der Waals surface area contributed by atoms with E-state index in [-0.39, 0.29) is 76.0 Å². The quantitative estimate of drug-likeness (QED) is 0.0657. The average Bonchev–Trinajstić information content (AvgIpc) is 0.946. The largest absolute Gasteiger partial charge is 2.00 e. The molecule has 0 bridgehead atoms. The molecule has 2 aliphatic heterocycles. The van der Waals surface area contributed by atoms with Crippen LogP contribution in [0.4, 0.5) is 22.7 Å². The van der Waals surface area contributed by atoms with Gasteiger partial charge < -0.3 is 77.0 Å². The van der Waals surface area contributed by atoms with Crippen LogP contribution in [0.15, 0.2) is 218 Å². The van der Waals surface area contributed by atoms with Gasteiger partial charge >= 0.3 is 25.1 Å². The van der Waals surface area contributed by atoms with Crippen LogP contribution in [-0.2, 0) is 59.4 Å². The molecule has 8 aromatic carbocycles. The Morgan fingerprint density at radius 3 is 0.557 bits per heavy atom. The Morgan fingerprint density at radius 2 is 0.420 bits per heavy atom. The van der Waals surface area contributed by atoms with Crippen LogP contribution < -0.4 is 80.0 Å². The van der Waals surface area contributed by atoms with Gasteiger partial charge in [0.05, 0.1) is 52.9 Å². The summed E-state index contributed by atoms with van der Waals surface area (Å²) in [4.78, 5) is 100. The van der Waals surface area contributed by atoms with Crippen molar-refractivity contribution in [2.75, 3.05) is 69.9 Å². The zero-order chi connectivity index (χ0) is 59.5. The molecule has 0 saturated carbocycles. The van der Waals surface area contributed by atoms with Crippen LogP contribution in [0.1, 0.15) is 30.8 Å². The van der Waals surface area contributed by atoms with E-state index in [4.69, 9.17) is 0 Å². The normalized spacial score (nSPS) is 17.5. The van der Waals surface area contributed by atoms with Crippen LogP contribution in [-0.4, -0.2) is 50.3 Å². The average molecular weight is 1590 g/mol. The number of hydrogen-bond acceptors (Lipinski definition) is 16. The molecule has 28 heteroatoms. The van der Waals surface area contributed by atoms with Gasteiger partial charge in [-0.25, -0.2) is 0 Å². The number of hydrogen-bond donors (Lipinski definition) is 0. The Hall–Kier alpha value is -2.79. The molecule has 0 spiro atoms. The molecule has 88 heavy (non-hydrogen) atoms. The number of halogens is 3. The van der Waals surface area contributed by atoms with Crippen molar-refractivity contribution in [1.82, 2.24) is 0 Å². The maximum Gasteiger partial charge on any atom is 2.00 e. The second-order valence-corrected chi connectivity index (χ2v) is 36.9. The standard InChI is InChI=1S/2C30H34N2O6P4.3BrH.Ni/c2*33-41(34,35)19-25-11-15-27(16-12-25)31-21-39(29-7-3-1-4-8-29)22-32(24-40(23-31)30-9-5-2-6-10-30)28-17-13-26(14-18-28)20-42(36,37)38;;;;/h2*1-18H,19-24H2,(H2,33,34,35)(H2,36,37,38);3*1H;/q;;;;;+2/p+2. The molecule has 2 heterocycles. The molecule has 0 aliphatic carbocycles. The number of anilines is 4. The van der Waals surface area contributed by atoms with Crippen molar-refractivity contribution in [2.24, 2.45) is 0 Å². The summed E-state index contributed by atoms with van der Waals surface area (Å²) < 4.78 is 45.3. The van der Waals surface area contributed by atoms with Gasteiger partial charge in [-0.1, -0.05) is 152 Å². The van der Waals surface area contributed by atoms with Crippen LogP contribution in [0.5, 0.6) is 0 Å². The molecular formula is C60H73Br3N4NiO12P8+4. The van der Waals surface area contributed by atoms with Gasteiger partial charge in [-0.15, -0.1) is 50.9 Å². The molecule has 2 saturated heterocycles. The van der Waals surface area contributed by atoms with Crippen LogP contribution in [0.2, 0.25) is 0 Å². The van der Waals surface area contributed by atoms with Gasteiger partial charge in [-0.05, 0) is 119 Å². The summed E-state index contributed by atoms with van der Waals surface area (Å²) in [5.41, 5.74) is 5.95. The van der Waals surface area contributed by atoms with Gasteiger partial charge in [0.15, 0.2) is 0 Å². The summed E-state index contributed by atoms with van der Waals surface area (Å²) in [5.74, 6) is 0. The van der Waals surface area contributed by atoms with Gasteiger partial charge in [-0.3, -0.25) is 0 Å². The molecule has 8 aromatic rings. The minimum absolute atomic E-state index is 0. The summed E-state index contributed by atoms with van der Waals surface area (Å²) >= 11 is 0. The molecule has 0 amide bonds. The monoisotopic (exact) mass is 1580 g/mol. The molecule has 0 unspecified atom stereocenters. The first-order valence-electron chi connectivity index (χ1n) is 27.1. The third-order valence-corrected chi connectivity index (χ3v) is 28.2. The van der Waals surface area contributed by atoms with Crippen molar-refractivity contribution < 1.29 is 82.5 Å². The smallest absolute Gasteiger partial charge is 0.810 e. The molecular weight excluding hydrogens is 1510 g/mol. The summed E-state index contributed by atoms with van der Waals surface area (Å²) in [7, 11) is -23.3. The molecule has 2 aliphatic rings. The Labute approximate surface area is 570 Å². The van der Waals surface area contributed by atoms with E-state index in [0.29, 0.717) is 22.3 Å². The number of rotatable bonds is 16. The van der Waals surface area contributed by atoms with Gasteiger partial charge in [-0.2, -0.15) is 0 Å². The van der Waals surface area contributed by atoms with Crippen molar-refractivity contribution in [2.45, 2.75) is 24.6 Å². The summed E-state index contributed by atoms with van der Waals surface area (Å²) in [6.45, 7) is 0. The molecule has 0 N–H and O–H groups in total. The Balaban J connectivity index is 0. The molecule has 0 atom stereocenters. The van der Waals surface area contributed by atoms with Crippen molar-refractivity contribution in [1.29, 1.82) is 0 Å². The summed E-state index contributed by atoms with van der Waals surface area (Å²) in [5, 5.41) is 5.16. The minimum Gasteiger partial charge on any atom is -0.810 e. The van der Waals surface area contributed by atoms with Crippen molar-refractivity contribution in [3.05, 3.63) is 241 Å². The fourth-order valence-electron chi connectivity index (χ4n) is 10.6. The summed E-state index contributed by atoms with van der Waals surface area (Å²) in [6.07, 6.45) is 4.56. The van der Waals surface area contributed by atoms with Crippen LogP contribution in [0, 0.1) is 0 Å². The van der Waals surface area contributed by atoms with E-state index in [1.54, 1.807) is 48.5 Å². The van der Waals surface area contributed by atoms with Gasteiger partial charge in [0, 0.05) is 47.4 Å². The molecule has 0 radical (unpaired) electrons. The van der Waals surface area contributed by atoms with E-state index in [1.165, 1.54) is 21.2 Å². The second-order valence-electron chi connectivity index (χ2n) is 21.0. The third kappa shape index (κ3) is 24.0. The Kier molecular flexibility index (Phi) is 30.1. The fraction of sp³-hybridized carbons (Fsp3) is 0.200. The van der Waals surface area contributed by atoms with Crippen molar-refractivity contribution in [3.8, 4) is 0 Å². The van der Waals surface area contributed by atoms with Crippen LogP contribution in [0.3, 0.4) is 0 Å². The fourth-order valence-corrected chi connectivity index (χ4v) is 24.6. The predicted molar refractivity (Wildman–Crippen MR) is 375 cm³/mol. The van der Waals surface area contributed by atoms with E-state index in [2.05, 4.69) is 117 Å². The third-order valence-electron chi connectivity index (χ3n) is 14.5. The van der Waals surface area contributed by atoms with Gasteiger partial charge in [0.2, 0.25) is 0 Å². The summed E-state index contributed by atoms with van der Waals surface area (Å²) in [6, 6.07) is 71.0. The SMILES string of the molecule is Br.Br.Br.O=P([O-])([O-])Cc1ccc(N2C[PH+](c3ccccc3)CN(c3ccc(CP(=O)([O-])[O-])cc3)C[PH+](c3ccccc3)C2)cc1.O=P([O-])([O-])Cc1ccc(N2C[PH+](c3ccccc3)CN(c3ccc(CP(=O)([O-])[O-])cc3)C[PH+](c3ccccc3)C2)cc1.[H+].[H+].[H+].[H+].[H+].[H+].[Ni+2]. The first kappa shape index (κ1) is 75.9. The van der Waals surface area contributed by atoms with E-state index in [1.807, 2.05) is 72.8 Å². The second kappa shape index (κ2) is 34.9. The molecule has 10 rings (SSSR count). The number of benzene rings is 8.